The van der Waals surface area contributed by atoms with Crippen LogP contribution in [0.5, 0.6) is 0 Å². The van der Waals surface area contributed by atoms with Crippen LogP contribution in [0.1, 0.15) is 29.4 Å². The number of esters is 1. The van der Waals surface area contributed by atoms with E-state index in [2.05, 4.69) is 0 Å². The van der Waals surface area contributed by atoms with Gasteiger partial charge in [-0.2, -0.15) is 0 Å². The molecule has 3 aromatic carbocycles. The standard InChI is InChI=1S/C22H20O4S/c1-17(23)26-21(18-11-5-2-6-12-18)22(19-13-7-3-8-14-19)27(24,25)20-15-9-4-10-16-20/h2-16,21-22H,1H3. The molecule has 0 radical (unpaired) electrons. The van der Waals surface area contributed by atoms with Crippen LogP contribution in [-0.4, -0.2) is 14.4 Å². The first-order valence-corrected chi connectivity index (χ1v) is 10.1. The number of hydrogen-bond donors (Lipinski definition) is 0. The van der Waals surface area contributed by atoms with Crippen molar-refractivity contribution in [2.45, 2.75) is 23.2 Å². The van der Waals surface area contributed by atoms with Gasteiger partial charge in [0.2, 0.25) is 0 Å². The summed E-state index contributed by atoms with van der Waals surface area (Å²) in [6.07, 6.45) is -0.962. The van der Waals surface area contributed by atoms with Crippen molar-refractivity contribution in [3.8, 4) is 0 Å². The van der Waals surface area contributed by atoms with Gasteiger partial charge in [-0.15, -0.1) is 0 Å². The van der Waals surface area contributed by atoms with Gasteiger partial charge in [0.1, 0.15) is 11.4 Å². The number of sulfone groups is 1. The van der Waals surface area contributed by atoms with Crippen molar-refractivity contribution in [2.24, 2.45) is 0 Å². The van der Waals surface area contributed by atoms with E-state index < -0.39 is 27.2 Å². The van der Waals surface area contributed by atoms with Crippen LogP contribution in [0, 0.1) is 0 Å². The molecule has 3 aromatic rings. The third kappa shape index (κ3) is 4.26. The van der Waals surface area contributed by atoms with Crippen molar-refractivity contribution < 1.29 is 17.9 Å². The fraction of sp³-hybridized carbons (Fsp3) is 0.136. The van der Waals surface area contributed by atoms with Crippen molar-refractivity contribution in [2.75, 3.05) is 0 Å². The van der Waals surface area contributed by atoms with Crippen LogP contribution in [0.4, 0.5) is 0 Å². The molecule has 4 nitrogen and oxygen atoms in total. The Labute approximate surface area is 159 Å². The Bertz CT molecular complexity index is 984. The summed E-state index contributed by atoms with van der Waals surface area (Å²) in [5, 5.41) is -1.06. The number of ether oxygens (including phenoxy) is 1. The second kappa shape index (κ2) is 8.18. The molecule has 27 heavy (non-hydrogen) atoms. The quantitative estimate of drug-likeness (QED) is 0.591. The molecule has 0 fully saturated rings. The number of carbonyl (C=O) groups excluding carboxylic acids is 1. The Balaban J connectivity index is 2.21. The molecule has 0 N–H and O–H groups in total. The van der Waals surface area contributed by atoms with E-state index in [1.165, 1.54) is 6.92 Å². The first kappa shape index (κ1) is 18.9. The summed E-state index contributed by atoms with van der Waals surface area (Å²) in [7, 11) is -3.82. The Kier molecular flexibility index (Phi) is 5.72. The van der Waals surface area contributed by atoms with Crippen molar-refractivity contribution in [3.05, 3.63) is 102 Å². The van der Waals surface area contributed by atoms with Gasteiger partial charge in [0.15, 0.2) is 9.84 Å². The van der Waals surface area contributed by atoms with Crippen LogP contribution >= 0.6 is 0 Å². The van der Waals surface area contributed by atoms with Crippen molar-refractivity contribution in [1.29, 1.82) is 0 Å². The average molecular weight is 380 g/mol. The van der Waals surface area contributed by atoms with Crippen LogP contribution in [0.15, 0.2) is 95.9 Å². The summed E-state index contributed by atoms with van der Waals surface area (Å²) >= 11 is 0. The maximum atomic E-state index is 13.5. The molecule has 0 heterocycles. The highest BCUT2D eigenvalue weighted by Crippen LogP contribution is 2.41. The molecule has 5 heteroatoms. The molecule has 0 aliphatic heterocycles. The average Bonchev–Trinajstić information content (AvgIpc) is 2.69. The Morgan fingerprint density at radius 1 is 0.741 bits per heavy atom. The van der Waals surface area contributed by atoms with Crippen LogP contribution in [0.2, 0.25) is 0 Å². The second-order valence-corrected chi connectivity index (χ2v) is 8.20. The molecule has 138 valence electrons. The van der Waals surface area contributed by atoms with Gasteiger partial charge in [-0.3, -0.25) is 4.79 Å². The van der Waals surface area contributed by atoms with Gasteiger partial charge in [0, 0.05) is 6.92 Å². The third-order valence-electron chi connectivity index (χ3n) is 4.23. The Morgan fingerprint density at radius 2 is 1.19 bits per heavy atom. The van der Waals surface area contributed by atoms with E-state index in [0.29, 0.717) is 11.1 Å². The minimum atomic E-state index is -3.82. The molecular weight excluding hydrogens is 360 g/mol. The molecule has 3 rings (SSSR count). The van der Waals surface area contributed by atoms with Crippen LogP contribution in [0.25, 0.3) is 0 Å². The fourth-order valence-corrected chi connectivity index (χ4v) is 4.93. The van der Waals surface area contributed by atoms with Crippen molar-refractivity contribution in [1.82, 2.24) is 0 Å². The lowest BCUT2D eigenvalue weighted by Gasteiger charge is -2.27. The highest BCUT2D eigenvalue weighted by Gasteiger charge is 2.39. The minimum Gasteiger partial charge on any atom is -0.456 e. The van der Waals surface area contributed by atoms with Gasteiger partial charge < -0.3 is 4.74 Å². The minimum absolute atomic E-state index is 0.187. The Hall–Kier alpha value is -2.92. The SMILES string of the molecule is CC(=O)OC(c1ccccc1)C(c1ccccc1)S(=O)(=O)c1ccccc1. The van der Waals surface area contributed by atoms with E-state index in [1.54, 1.807) is 78.9 Å². The third-order valence-corrected chi connectivity index (χ3v) is 6.35. The molecule has 0 saturated heterocycles. The molecule has 0 saturated carbocycles. The van der Waals surface area contributed by atoms with Gasteiger partial charge in [-0.1, -0.05) is 78.9 Å². The molecule has 2 unspecified atom stereocenters. The highest BCUT2D eigenvalue weighted by atomic mass is 32.2. The van der Waals surface area contributed by atoms with E-state index in [-0.39, 0.29) is 4.90 Å². The zero-order valence-electron chi connectivity index (χ0n) is 14.9. The summed E-state index contributed by atoms with van der Waals surface area (Å²) in [6.45, 7) is 1.28. The van der Waals surface area contributed by atoms with Gasteiger partial charge in [-0.05, 0) is 23.3 Å². The largest absolute Gasteiger partial charge is 0.456 e. The highest BCUT2D eigenvalue weighted by molar-refractivity contribution is 7.91. The number of rotatable bonds is 6. The van der Waals surface area contributed by atoms with Crippen LogP contribution in [-0.2, 0) is 19.4 Å². The molecule has 2 atom stereocenters. The van der Waals surface area contributed by atoms with Crippen molar-refractivity contribution >= 4 is 15.8 Å². The lowest BCUT2D eigenvalue weighted by atomic mass is 10.0. The zero-order chi connectivity index (χ0) is 19.3. The lowest BCUT2D eigenvalue weighted by molar-refractivity contribution is -0.146. The van der Waals surface area contributed by atoms with Crippen LogP contribution in [0.3, 0.4) is 0 Å². The van der Waals surface area contributed by atoms with Gasteiger partial charge >= 0.3 is 5.97 Å². The Morgan fingerprint density at radius 3 is 1.67 bits per heavy atom. The predicted molar refractivity (Wildman–Crippen MR) is 104 cm³/mol. The van der Waals surface area contributed by atoms with E-state index in [4.69, 9.17) is 4.74 Å². The first-order valence-electron chi connectivity index (χ1n) is 8.56. The van der Waals surface area contributed by atoms with E-state index in [9.17, 15) is 13.2 Å². The molecule has 0 aliphatic rings. The monoisotopic (exact) mass is 380 g/mol. The summed E-state index contributed by atoms with van der Waals surface area (Å²) in [6, 6.07) is 26.0. The molecule has 0 aliphatic carbocycles. The molecular formula is C22H20O4S. The van der Waals surface area contributed by atoms with E-state index >= 15 is 0 Å². The summed E-state index contributed by atoms with van der Waals surface area (Å²) < 4.78 is 32.6. The summed E-state index contributed by atoms with van der Waals surface area (Å²) in [5.41, 5.74) is 1.19. The molecule has 0 bridgehead atoms. The number of benzene rings is 3. The topological polar surface area (TPSA) is 60.4 Å². The number of hydrogen-bond acceptors (Lipinski definition) is 4. The second-order valence-electron chi connectivity index (χ2n) is 6.13. The summed E-state index contributed by atoms with van der Waals surface area (Å²) in [5.74, 6) is -0.534. The lowest BCUT2D eigenvalue weighted by Crippen LogP contribution is -2.24. The first-order chi connectivity index (χ1) is 13.0. The summed E-state index contributed by atoms with van der Waals surface area (Å²) in [4.78, 5) is 12.0. The molecule has 0 spiro atoms. The van der Waals surface area contributed by atoms with Gasteiger partial charge in [-0.25, -0.2) is 8.42 Å². The maximum absolute atomic E-state index is 13.5. The normalized spacial score (nSPS) is 13.5. The van der Waals surface area contributed by atoms with Crippen LogP contribution < -0.4 is 0 Å². The van der Waals surface area contributed by atoms with E-state index in [1.807, 2.05) is 12.1 Å². The smallest absolute Gasteiger partial charge is 0.303 e. The van der Waals surface area contributed by atoms with E-state index in [0.717, 1.165) is 0 Å². The molecule has 0 aromatic heterocycles. The van der Waals surface area contributed by atoms with Gasteiger partial charge in [0.25, 0.3) is 0 Å². The molecule has 0 amide bonds. The number of carbonyl (C=O) groups is 1. The fourth-order valence-electron chi connectivity index (χ4n) is 3.04. The maximum Gasteiger partial charge on any atom is 0.303 e. The van der Waals surface area contributed by atoms with Crippen molar-refractivity contribution in [3.63, 3.8) is 0 Å². The zero-order valence-corrected chi connectivity index (χ0v) is 15.7. The van der Waals surface area contributed by atoms with Gasteiger partial charge in [0.05, 0.1) is 4.90 Å². The predicted octanol–water partition coefficient (Wildman–Crippen LogP) is 4.51.